The molecule has 0 aliphatic rings. The van der Waals surface area contributed by atoms with E-state index in [1.807, 2.05) is 6.92 Å². The van der Waals surface area contributed by atoms with Crippen molar-refractivity contribution >= 4 is 11.7 Å². The molecule has 0 bridgehead atoms. The van der Waals surface area contributed by atoms with Crippen LogP contribution in [0.4, 0.5) is 14.5 Å². The summed E-state index contributed by atoms with van der Waals surface area (Å²) in [5.41, 5.74) is 0.553. The van der Waals surface area contributed by atoms with E-state index in [1.54, 1.807) is 0 Å². The highest BCUT2D eigenvalue weighted by Gasteiger charge is 2.15. The van der Waals surface area contributed by atoms with Gasteiger partial charge in [-0.1, -0.05) is 13.3 Å². The third kappa shape index (κ3) is 4.57. The van der Waals surface area contributed by atoms with Crippen LogP contribution in [0, 0.1) is 0 Å². The lowest BCUT2D eigenvalue weighted by molar-refractivity contribution is -0.138. The average molecular weight is 259 g/mol. The number of carboxylic acid groups (broad SMARTS) is 1. The molecule has 0 amide bonds. The van der Waals surface area contributed by atoms with E-state index in [2.05, 4.69) is 10.1 Å². The first-order chi connectivity index (χ1) is 8.52. The van der Waals surface area contributed by atoms with Crippen molar-refractivity contribution in [2.24, 2.45) is 0 Å². The van der Waals surface area contributed by atoms with Gasteiger partial charge in [-0.3, -0.25) is 0 Å². The van der Waals surface area contributed by atoms with E-state index in [0.29, 0.717) is 12.1 Å². The Bertz CT molecular complexity index is 381. The van der Waals surface area contributed by atoms with E-state index in [4.69, 9.17) is 5.11 Å². The third-order valence-electron chi connectivity index (χ3n) is 2.30. The van der Waals surface area contributed by atoms with Gasteiger partial charge in [-0.25, -0.2) is 4.79 Å². The summed E-state index contributed by atoms with van der Waals surface area (Å²) in [5, 5.41) is 11.8. The molecule has 0 aliphatic carbocycles. The van der Waals surface area contributed by atoms with Gasteiger partial charge in [0.2, 0.25) is 0 Å². The van der Waals surface area contributed by atoms with Gasteiger partial charge in [0.1, 0.15) is 11.8 Å². The minimum atomic E-state index is -2.87. The number of anilines is 1. The van der Waals surface area contributed by atoms with Crippen LogP contribution in [-0.4, -0.2) is 23.7 Å². The Morgan fingerprint density at radius 2 is 2.00 bits per heavy atom. The first kappa shape index (κ1) is 14.2. The summed E-state index contributed by atoms with van der Waals surface area (Å²) in [6.45, 7) is -0.979. The summed E-state index contributed by atoms with van der Waals surface area (Å²) < 4.78 is 28.0. The molecule has 1 atom stereocenters. The second-order valence-electron chi connectivity index (χ2n) is 3.73. The number of hydrogen-bond donors (Lipinski definition) is 2. The topological polar surface area (TPSA) is 58.6 Å². The van der Waals surface area contributed by atoms with E-state index < -0.39 is 18.6 Å². The Labute approximate surface area is 104 Å². The largest absolute Gasteiger partial charge is 0.480 e. The summed E-state index contributed by atoms with van der Waals surface area (Å²) in [4.78, 5) is 10.9. The molecule has 4 nitrogen and oxygen atoms in total. The number of hydrogen-bond acceptors (Lipinski definition) is 3. The van der Waals surface area contributed by atoms with Gasteiger partial charge in [0.25, 0.3) is 0 Å². The van der Waals surface area contributed by atoms with E-state index in [9.17, 15) is 13.6 Å². The van der Waals surface area contributed by atoms with Gasteiger partial charge in [-0.05, 0) is 30.7 Å². The molecule has 1 unspecified atom stereocenters. The zero-order valence-corrected chi connectivity index (χ0v) is 9.90. The van der Waals surface area contributed by atoms with Crippen molar-refractivity contribution in [3.63, 3.8) is 0 Å². The van der Waals surface area contributed by atoms with Crippen LogP contribution in [0.15, 0.2) is 24.3 Å². The lowest BCUT2D eigenvalue weighted by Crippen LogP contribution is -2.28. The lowest BCUT2D eigenvalue weighted by atomic mass is 10.1. The quantitative estimate of drug-likeness (QED) is 0.790. The number of aliphatic carboxylic acids is 1. The van der Waals surface area contributed by atoms with Crippen LogP contribution in [0.25, 0.3) is 0 Å². The van der Waals surface area contributed by atoms with E-state index in [1.165, 1.54) is 24.3 Å². The Kier molecular flexibility index (Phi) is 5.35. The molecule has 0 aromatic heterocycles. The molecule has 1 aromatic rings. The summed E-state index contributed by atoms with van der Waals surface area (Å²) in [5.74, 6) is -0.900. The number of benzene rings is 1. The molecule has 0 saturated heterocycles. The van der Waals surface area contributed by atoms with Crippen molar-refractivity contribution in [1.29, 1.82) is 0 Å². The second kappa shape index (κ2) is 6.78. The number of halogens is 2. The summed E-state index contributed by atoms with van der Waals surface area (Å²) in [6, 6.07) is 5.04. The fraction of sp³-hybridized carbons (Fsp3) is 0.417. The van der Waals surface area contributed by atoms with Gasteiger partial charge < -0.3 is 15.2 Å². The maximum absolute atomic E-state index is 11.9. The average Bonchev–Trinajstić information content (AvgIpc) is 2.30. The first-order valence-electron chi connectivity index (χ1n) is 5.57. The van der Waals surface area contributed by atoms with Crippen molar-refractivity contribution < 1.29 is 23.4 Å². The van der Waals surface area contributed by atoms with Gasteiger partial charge in [0.05, 0.1) is 0 Å². The molecule has 2 N–H and O–H groups in total. The Morgan fingerprint density at radius 3 is 2.44 bits per heavy atom. The zero-order valence-electron chi connectivity index (χ0n) is 9.90. The number of rotatable bonds is 7. The monoisotopic (exact) mass is 259 g/mol. The molecule has 0 spiro atoms. The molecule has 0 radical (unpaired) electrons. The summed E-state index contributed by atoms with van der Waals surface area (Å²) in [7, 11) is 0. The Balaban J connectivity index is 2.64. The summed E-state index contributed by atoms with van der Waals surface area (Å²) >= 11 is 0. The van der Waals surface area contributed by atoms with Crippen LogP contribution in [0.1, 0.15) is 19.8 Å². The Morgan fingerprint density at radius 1 is 1.39 bits per heavy atom. The second-order valence-corrected chi connectivity index (χ2v) is 3.73. The highest BCUT2D eigenvalue weighted by molar-refractivity contribution is 5.77. The molecule has 0 saturated carbocycles. The minimum absolute atomic E-state index is 0.0397. The van der Waals surface area contributed by atoms with Gasteiger partial charge >= 0.3 is 12.6 Å². The number of carboxylic acids is 1. The molecule has 0 fully saturated rings. The maximum Gasteiger partial charge on any atom is 0.387 e. The smallest absolute Gasteiger partial charge is 0.387 e. The molecule has 0 aliphatic heterocycles. The third-order valence-corrected chi connectivity index (χ3v) is 2.30. The van der Waals surface area contributed by atoms with Crippen LogP contribution in [0.3, 0.4) is 0 Å². The van der Waals surface area contributed by atoms with Crippen molar-refractivity contribution in [2.75, 3.05) is 5.32 Å². The van der Waals surface area contributed by atoms with Crippen LogP contribution >= 0.6 is 0 Å². The van der Waals surface area contributed by atoms with Crippen LogP contribution in [-0.2, 0) is 4.79 Å². The standard InChI is InChI=1S/C12H15F2NO3/c1-2-3-10(11(16)17)15-8-4-6-9(7-5-8)18-12(13)14/h4-7,10,12,15H,2-3H2,1H3,(H,16,17). The van der Waals surface area contributed by atoms with Gasteiger partial charge in [-0.15, -0.1) is 0 Å². The highest BCUT2D eigenvalue weighted by atomic mass is 19.3. The predicted molar refractivity (Wildman–Crippen MR) is 63.0 cm³/mol. The first-order valence-corrected chi connectivity index (χ1v) is 5.57. The number of alkyl halides is 2. The van der Waals surface area contributed by atoms with Crippen molar-refractivity contribution in [3.8, 4) is 5.75 Å². The lowest BCUT2D eigenvalue weighted by Gasteiger charge is -2.15. The number of carbonyl (C=O) groups is 1. The predicted octanol–water partition coefficient (Wildman–Crippen LogP) is 2.95. The van der Waals surface area contributed by atoms with Gasteiger partial charge in [0.15, 0.2) is 0 Å². The van der Waals surface area contributed by atoms with Gasteiger partial charge in [0, 0.05) is 5.69 Å². The molecule has 18 heavy (non-hydrogen) atoms. The van der Waals surface area contributed by atoms with Crippen molar-refractivity contribution in [2.45, 2.75) is 32.4 Å². The molecule has 1 rings (SSSR count). The van der Waals surface area contributed by atoms with E-state index >= 15 is 0 Å². The van der Waals surface area contributed by atoms with Crippen LogP contribution < -0.4 is 10.1 Å². The Hall–Kier alpha value is -1.85. The van der Waals surface area contributed by atoms with Gasteiger partial charge in [-0.2, -0.15) is 8.78 Å². The minimum Gasteiger partial charge on any atom is -0.480 e. The van der Waals surface area contributed by atoms with E-state index in [-0.39, 0.29) is 5.75 Å². The fourth-order valence-corrected chi connectivity index (χ4v) is 1.48. The SMILES string of the molecule is CCCC(Nc1ccc(OC(F)F)cc1)C(=O)O. The zero-order chi connectivity index (χ0) is 13.5. The highest BCUT2D eigenvalue weighted by Crippen LogP contribution is 2.19. The normalized spacial score (nSPS) is 12.2. The molecule has 6 heteroatoms. The van der Waals surface area contributed by atoms with E-state index in [0.717, 1.165) is 6.42 Å². The van der Waals surface area contributed by atoms with Crippen LogP contribution in [0.5, 0.6) is 5.75 Å². The number of ether oxygens (including phenoxy) is 1. The van der Waals surface area contributed by atoms with Crippen molar-refractivity contribution in [3.05, 3.63) is 24.3 Å². The van der Waals surface area contributed by atoms with Crippen molar-refractivity contribution in [1.82, 2.24) is 0 Å². The molecule has 0 heterocycles. The molecular weight excluding hydrogens is 244 g/mol. The molecule has 1 aromatic carbocycles. The fourth-order valence-electron chi connectivity index (χ4n) is 1.48. The molecular formula is C12H15F2NO3. The number of nitrogens with one attached hydrogen (secondary N) is 1. The molecule has 100 valence electrons. The van der Waals surface area contributed by atoms with Crippen LogP contribution in [0.2, 0.25) is 0 Å². The summed E-state index contributed by atoms with van der Waals surface area (Å²) in [6.07, 6.45) is 1.22. The maximum atomic E-state index is 11.9.